The van der Waals surface area contributed by atoms with E-state index in [2.05, 4.69) is 84.7 Å². The Morgan fingerprint density at radius 1 is 0.692 bits per heavy atom. The fourth-order valence-corrected chi connectivity index (χ4v) is 4.45. The fourth-order valence-electron chi connectivity index (χ4n) is 4.45. The van der Waals surface area contributed by atoms with Crippen LogP contribution in [0.1, 0.15) is 29.4 Å². The van der Waals surface area contributed by atoms with Gasteiger partial charge >= 0.3 is 0 Å². The maximum absolute atomic E-state index is 3.59. The van der Waals surface area contributed by atoms with Crippen molar-refractivity contribution in [3.8, 4) is 0 Å². The molecule has 2 aromatic heterocycles. The maximum Gasteiger partial charge on any atom is 0.0293 e. The second-order valence-corrected chi connectivity index (χ2v) is 7.11. The lowest BCUT2D eigenvalue weighted by Gasteiger charge is -2.09. The van der Waals surface area contributed by atoms with Gasteiger partial charge in [0, 0.05) is 41.0 Å². The highest BCUT2D eigenvalue weighted by Gasteiger charge is 2.15. The van der Waals surface area contributed by atoms with E-state index < -0.39 is 0 Å². The molecule has 0 unspecified atom stereocenters. The molecule has 5 rings (SSSR count). The summed E-state index contributed by atoms with van der Waals surface area (Å²) < 4.78 is 0. The Morgan fingerprint density at radius 3 is 1.96 bits per heavy atom. The topological polar surface area (TPSA) is 31.6 Å². The molecular weight excluding hydrogens is 316 g/mol. The van der Waals surface area contributed by atoms with Gasteiger partial charge in [-0.25, -0.2) is 0 Å². The summed E-state index contributed by atoms with van der Waals surface area (Å²) in [4.78, 5) is 7.08. The van der Waals surface area contributed by atoms with E-state index >= 15 is 0 Å². The van der Waals surface area contributed by atoms with Crippen LogP contribution in [-0.4, -0.2) is 9.97 Å². The maximum atomic E-state index is 3.59. The quantitative estimate of drug-likeness (QED) is 0.364. The minimum atomic E-state index is 0.906. The Labute approximate surface area is 152 Å². The smallest absolute Gasteiger partial charge is 0.0293 e. The number of rotatable bonds is 3. The minimum Gasteiger partial charge on any atom is -0.364 e. The molecule has 128 valence electrons. The van der Waals surface area contributed by atoms with Crippen LogP contribution in [0.3, 0.4) is 0 Å². The molecule has 3 aromatic carbocycles. The van der Waals surface area contributed by atoms with E-state index in [9.17, 15) is 0 Å². The van der Waals surface area contributed by atoms with E-state index in [-0.39, 0.29) is 0 Å². The molecule has 0 spiro atoms. The van der Waals surface area contributed by atoms with Gasteiger partial charge in [0.15, 0.2) is 0 Å². The third-order valence-electron chi connectivity index (χ3n) is 5.68. The van der Waals surface area contributed by atoms with Crippen LogP contribution in [0.5, 0.6) is 0 Å². The molecule has 2 nitrogen and oxygen atoms in total. The van der Waals surface area contributed by atoms with Crippen LogP contribution in [0.4, 0.5) is 0 Å². The van der Waals surface area contributed by atoms with Gasteiger partial charge in [-0.2, -0.15) is 0 Å². The summed E-state index contributed by atoms with van der Waals surface area (Å²) in [6, 6.07) is 17.5. The van der Waals surface area contributed by atoms with Crippen molar-refractivity contribution < 1.29 is 0 Å². The van der Waals surface area contributed by atoms with Gasteiger partial charge < -0.3 is 9.97 Å². The molecule has 0 amide bonds. The number of H-pyrrole nitrogens is 2. The summed E-state index contributed by atoms with van der Waals surface area (Å²) in [6.45, 7) is 4.42. The average Bonchev–Trinajstić information content (AvgIpc) is 3.26. The van der Waals surface area contributed by atoms with E-state index in [1.165, 1.54) is 54.8 Å². The molecule has 0 bridgehead atoms. The largest absolute Gasteiger partial charge is 0.364 e. The molecule has 0 radical (unpaired) electrons. The van der Waals surface area contributed by atoms with Crippen LogP contribution in [-0.2, 0) is 12.8 Å². The van der Waals surface area contributed by atoms with Crippen molar-refractivity contribution in [1.29, 1.82) is 0 Å². The molecule has 2 N–H and O–H groups in total. The zero-order valence-electron chi connectivity index (χ0n) is 15.2. The van der Waals surface area contributed by atoms with Crippen molar-refractivity contribution in [2.45, 2.75) is 26.7 Å². The normalized spacial score (nSPS) is 11.8. The van der Waals surface area contributed by atoms with E-state index in [1.54, 1.807) is 0 Å². The van der Waals surface area contributed by atoms with Crippen LogP contribution in [0.2, 0.25) is 0 Å². The minimum absolute atomic E-state index is 0.906. The lowest BCUT2D eigenvalue weighted by molar-refractivity contribution is 1.00. The van der Waals surface area contributed by atoms with Gasteiger partial charge in [-0.1, -0.05) is 55.5 Å². The molecule has 0 fully saturated rings. The molecule has 0 aliphatic rings. The number of aryl methyl sites for hydroxylation is 1. The van der Waals surface area contributed by atoms with E-state index in [4.69, 9.17) is 0 Å². The third kappa shape index (κ3) is 2.12. The summed E-state index contributed by atoms with van der Waals surface area (Å²) in [5.41, 5.74) is 5.41. The van der Waals surface area contributed by atoms with Gasteiger partial charge in [0.2, 0.25) is 0 Å². The number of benzene rings is 3. The zero-order valence-corrected chi connectivity index (χ0v) is 15.2. The number of nitrogens with one attached hydrogen (secondary N) is 2. The molecular formula is C24H22N2. The number of aromatic nitrogens is 2. The number of fused-ring (bicyclic) bond motifs is 6. The molecule has 0 saturated carbocycles. The second kappa shape index (κ2) is 5.77. The van der Waals surface area contributed by atoms with Gasteiger partial charge in [-0.3, -0.25) is 0 Å². The summed E-state index contributed by atoms with van der Waals surface area (Å²) in [5.74, 6) is 0. The Balaban J connectivity index is 1.83. The first kappa shape index (κ1) is 15.3. The van der Waals surface area contributed by atoms with Crippen molar-refractivity contribution in [3.63, 3.8) is 0 Å². The average molecular weight is 338 g/mol. The van der Waals surface area contributed by atoms with Crippen molar-refractivity contribution in [2.24, 2.45) is 0 Å². The zero-order chi connectivity index (χ0) is 17.7. The highest BCUT2D eigenvalue weighted by molar-refractivity contribution is 6.26. The highest BCUT2D eigenvalue weighted by atomic mass is 14.7. The van der Waals surface area contributed by atoms with Crippen molar-refractivity contribution in [3.05, 3.63) is 83.4 Å². The lowest BCUT2D eigenvalue weighted by atomic mass is 9.94. The molecule has 26 heavy (non-hydrogen) atoms. The highest BCUT2D eigenvalue weighted by Crippen LogP contribution is 2.37. The third-order valence-corrected chi connectivity index (χ3v) is 5.68. The van der Waals surface area contributed by atoms with Gasteiger partial charge in [0.05, 0.1) is 0 Å². The predicted molar refractivity (Wildman–Crippen MR) is 111 cm³/mol. The van der Waals surface area contributed by atoms with E-state index in [1.807, 2.05) is 0 Å². The van der Waals surface area contributed by atoms with Gasteiger partial charge in [-0.15, -0.1) is 0 Å². The van der Waals surface area contributed by atoms with Gasteiger partial charge in [0.25, 0.3) is 0 Å². The summed E-state index contributed by atoms with van der Waals surface area (Å²) in [7, 11) is 0. The second-order valence-electron chi connectivity index (χ2n) is 7.11. The Kier molecular flexibility index (Phi) is 3.39. The molecule has 2 heterocycles. The molecule has 0 aliphatic carbocycles. The summed E-state index contributed by atoms with van der Waals surface area (Å²) in [6.07, 6.45) is 6.28. The first-order chi connectivity index (χ1) is 12.8. The van der Waals surface area contributed by atoms with Crippen molar-refractivity contribution >= 4 is 32.3 Å². The predicted octanol–water partition coefficient (Wildman–Crippen LogP) is 6.26. The van der Waals surface area contributed by atoms with Crippen LogP contribution >= 0.6 is 0 Å². The monoisotopic (exact) mass is 338 g/mol. The molecule has 0 atom stereocenters. The number of hydrogen-bond acceptors (Lipinski definition) is 0. The molecule has 0 aliphatic heterocycles. The fraction of sp³-hybridized carbons (Fsp3) is 0.167. The van der Waals surface area contributed by atoms with Crippen LogP contribution < -0.4 is 0 Å². The molecule has 2 heteroatoms. The Morgan fingerprint density at radius 2 is 1.27 bits per heavy atom. The van der Waals surface area contributed by atoms with Gasteiger partial charge in [-0.05, 0) is 46.0 Å². The summed E-state index contributed by atoms with van der Waals surface area (Å²) in [5, 5.41) is 7.98. The summed E-state index contributed by atoms with van der Waals surface area (Å²) >= 11 is 0. The SMILES string of the molecule is CCc1c(C)c[nH]c1Cc1[nH]cc2c3ccccc3c3ccccc3c12. The lowest BCUT2D eigenvalue weighted by Crippen LogP contribution is -1.95. The standard InChI is InChI=1S/C24H22N2/c1-3-16-15(2)13-25-22(16)12-23-24-20-11-7-6-9-18(20)17-8-4-5-10-19(17)21(24)14-26-23/h4-11,13-14,25-26H,3,12H2,1-2H3. The Bertz CT molecular complexity index is 1250. The first-order valence-electron chi connectivity index (χ1n) is 9.33. The van der Waals surface area contributed by atoms with Crippen molar-refractivity contribution in [2.75, 3.05) is 0 Å². The van der Waals surface area contributed by atoms with Crippen LogP contribution in [0.15, 0.2) is 60.9 Å². The molecule has 5 aromatic rings. The van der Waals surface area contributed by atoms with E-state index in [0.717, 1.165) is 12.8 Å². The van der Waals surface area contributed by atoms with Crippen LogP contribution in [0.25, 0.3) is 32.3 Å². The van der Waals surface area contributed by atoms with E-state index in [0.29, 0.717) is 0 Å². The van der Waals surface area contributed by atoms with Gasteiger partial charge in [0.1, 0.15) is 0 Å². The Hall–Kier alpha value is -3.00. The van der Waals surface area contributed by atoms with Crippen molar-refractivity contribution in [1.82, 2.24) is 9.97 Å². The molecule has 0 saturated heterocycles. The first-order valence-corrected chi connectivity index (χ1v) is 9.33. The number of hydrogen-bond donors (Lipinski definition) is 2. The number of aromatic amines is 2. The van der Waals surface area contributed by atoms with Crippen LogP contribution in [0, 0.1) is 6.92 Å².